The molecule has 2 aliphatic rings. The van der Waals surface area contributed by atoms with Crippen LogP contribution in [0.4, 0.5) is 5.82 Å². The quantitative estimate of drug-likeness (QED) is 0.762. The Morgan fingerprint density at radius 1 is 1.12 bits per heavy atom. The SMILES string of the molecule is O=C(NC1CC1)c1ccc(N2CC[C@@H](NCc3ccc(Br)cc3)C2)nc1. The zero-order valence-electron chi connectivity index (χ0n) is 14.6. The first-order valence-electron chi connectivity index (χ1n) is 9.17. The Hall–Kier alpha value is -1.92. The van der Waals surface area contributed by atoms with Crippen molar-refractivity contribution in [2.45, 2.75) is 37.9 Å². The van der Waals surface area contributed by atoms with E-state index < -0.39 is 0 Å². The summed E-state index contributed by atoms with van der Waals surface area (Å²) in [7, 11) is 0. The van der Waals surface area contributed by atoms with Gasteiger partial charge in [0.05, 0.1) is 5.56 Å². The third-order valence-electron chi connectivity index (χ3n) is 4.94. The second-order valence-corrected chi connectivity index (χ2v) is 8.01. The number of amides is 1. The average molecular weight is 415 g/mol. The fraction of sp³-hybridized carbons (Fsp3) is 0.400. The van der Waals surface area contributed by atoms with Gasteiger partial charge in [0, 0.05) is 42.4 Å². The number of benzene rings is 1. The Bertz CT molecular complexity index is 758. The van der Waals surface area contributed by atoms with Gasteiger partial charge in [0.2, 0.25) is 0 Å². The van der Waals surface area contributed by atoms with Crippen molar-refractivity contribution in [3.63, 3.8) is 0 Å². The minimum atomic E-state index is -0.0120. The minimum Gasteiger partial charge on any atom is -0.355 e. The Kier molecular flexibility index (Phi) is 5.22. The summed E-state index contributed by atoms with van der Waals surface area (Å²) in [5.41, 5.74) is 1.93. The molecule has 2 aromatic rings. The van der Waals surface area contributed by atoms with Gasteiger partial charge in [0.15, 0.2) is 0 Å². The summed E-state index contributed by atoms with van der Waals surface area (Å²) in [6, 6.07) is 13.1. The molecule has 136 valence electrons. The van der Waals surface area contributed by atoms with Crippen molar-refractivity contribution < 1.29 is 4.79 Å². The summed E-state index contributed by atoms with van der Waals surface area (Å²) < 4.78 is 1.11. The number of aromatic nitrogens is 1. The molecule has 2 N–H and O–H groups in total. The predicted octanol–water partition coefficient (Wildman–Crippen LogP) is 3.10. The number of hydrogen-bond donors (Lipinski definition) is 2. The molecule has 1 atom stereocenters. The Morgan fingerprint density at radius 2 is 1.92 bits per heavy atom. The molecule has 26 heavy (non-hydrogen) atoms. The largest absolute Gasteiger partial charge is 0.355 e. The number of pyridine rings is 1. The van der Waals surface area contributed by atoms with E-state index in [1.54, 1.807) is 6.20 Å². The van der Waals surface area contributed by atoms with E-state index in [1.807, 2.05) is 12.1 Å². The summed E-state index contributed by atoms with van der Waals surface area (Å²) in [5.74, 6) is 0.933. The van der Waals surface area contributed by atoms with Crippen molar-refractivity contribution in [3.05, 3.63) is 58.2 Å². The van der Waals surface area contributed by atoms with Crippen molar-refractivity contribution in [1.82, 2.24) is 15.6 Å². The first-order chi connectivity index (χ1) is 12.7. The fourth-order valence-electron chi connectivity index (χ4n) is 3.20. The van der Waals surface area contributed by atoms with E-state index in [-0.39, 0.29) is 5.91 Å². The van der Waals surface area contributed by atoms with Gasteiger partial charge < -0.3 is 15.5 Å². The van der Waals surface area contributed by atoms with Crippen molar-refractivity contribution >= 4 is 27.7 Å². The Balaban J connectivity index is 1.28. The lowest BCUT2D eigenvalue weighted by molar-refractivity contribution is 0.0950. The Morgan fingerprint density at radius 3 is 2.62 bits per heavy atom. The van der Waals surface area contributed by atoms with Crippen LogP contribution in [0.15, 0.2) is 47.1 Å². The molecule has 2 fully saturated rings. The van der Waals surface area contributed by atoms with Crippen LogP contribution in [-0.4, -0.2) is 36.1 Å². The Labute approximate surface area is 162 Å². The number of anilines is 1. The van der Waals surface area contributed by atoms with Gasteiger partial charge in [-0.15, -0.1) is 0 Å². The summed E-state index contributed by atoms with van der Waals surface area (Å²) in [4.78, 5) is 18.8. The average Bonchev–Trinajstić information content (AvgIpc) is 3.35. The molecule has 2 heterocycles. The first kappa shape index (κ1) is 17.5. The van der Waals surface area contributed by atoms with Gasteiger partial charge >= 0.3 is 0 Å². The van der Waals surface area contributed by atoms with Gasteiger partial charge in [-0.25, -0.2) is 4.98 Å². The lowest BCUT2D eigenvalue weighted by atomic mass is 10.2. The van der Waals surface area contributed by atoms with Crippen LogP contribution < -0.4 is 15.5 Å². The van der Waals surface area contributed by atoms with Gasteiger partial charge in [-0.1, -0.05) is 28.1 Å². The number of carbonyl (C=O) groups excluding carboxylic acids is 1. The summed E-state index contributed by atoms with van der Waals surface area (Å²) in [5, 5.41) is 6.62. The predicted molar refractivity (Wildman–Crippen MR) is 106 cm³/mol. The molecule has 6 heteroatoms. The first-order valence-corrected chi connectivity index (χ1v) is 9.96. The van der Waals surface area contributed by atoms with E-state index in [2.05, 4.69) is 60.7 Å². The highest BCUT2D eigenvalue weighted by Crippen LogP contribution is 2.21. The lowest BCUT2D eigenvalue weighted by Crippen LogP contribution is -2.32. The molecule has 1 aromatic heterocycles. The topological polar surface area (TPSA) is 57.3 Å². The van der Waals surface area contributed by atoms with Gasteiger partial charge in [-0.2, -0.15) is 0 Å². The number of rotatable bonds is 6. The molecule has 1 aliphatic heterocycles. The van der Waals surface area contributed by atoms with E-state index in [1.165, 1.54) is 5.56 Å². The van der Waals surface area contributed by atoms with E-state index in [9.17, 15) is 4.79 Å². The normalized spacial score (nSPS) is 19.6. The highest BCUT2D eigenvalue weighted by molar-refractivity contribution is 9.10. The molecule has 1 saturated heterocycles. The summed E-state index contributed by atoms with van der Waals surface area (Å²) in [6.45, 7) is 2.80. The molecule has 1 amide bonds. The van der Waals surface area contributed by atoms with Crippen LogP contribution in [0.5, 0.6) is 0 Å². The van der Waals surface area contributed by atoms with Crippen LogP contribution in [-0.2, 0) is 6.54 Å². The van der Waals surface area contributed by atoms with Crippen LogP contribution in [0.1, 0.15) is 35.2 Å². The minimum absolute atomic E-state index is 0.0120. The molecule has 1 saturated carbocycles. The summed E-state index contributed by atoms with van der Waals surface area (Å²) in [6.07, 6.45) is 4.98. The smallest absolute Gasteiger partial charge is 0.253 e. The molecule has 0 unspecified atom stereocenters. The number of carbonyl (C=O) groups is 1. The zero-order valence-corrected chi connectivity index (χ0v) is 16.2. The van der Waals surface area contributed by atoms with Crippen molar-refractivity contribution in [1.29, 1.82) is 0 Å². The molecule has 5 nitrogen and oxygen atoms in total. The number of hydrogen-bond acceptors (Lipinski definition) is 4. The zero-order chi connectivity index (χ0) is 17.9. The molecule has 4 rings (SSSR count). The molecule has 1 aromatic carbocycles. The van der Waals surface area contributed by atoms with E-state index in [4.69, 9.17) is 0 Å². The lowest BCUT2D eigenvalue weighted by Gasteiger charge is -2.18. The van der Waals surface area contributed by atoms with Crippen LogP contribution in [0.25, 0.3) is 0 Å². The third-order valence-corrected chi connectivity index (χ3v) is 5.47. The standard InChI is InChI=1S/C20H23BrN4O/c21-16-4-1-14(2-5-16)11-22-18-9-10-25(13-18)19-8-3-15(12-23-19)20(26)24-17-6-7-17/h1-5,8,12,17-18,22H,6-7,9-11,13H2,(H,24,26)/t18-/m1/s1. The molecule has 0 bridgehead atoms. The second-order valence-electron chi connectivity index (χ2n) is 7.09. The van der Waals surface area contributed by atoms with Gasteiger partial charge in [-0.05, 0) is 49.1 Å². The van der Waals surface area contributed by atoms with Crippen molar-refractivity contribution in [2.75, 3.05) is 18.0 Å². The maximum absolute atomic E-state index is 12.0. The van der Waals surface area contributed by atoms with E-state index in [0.717, 1.165) is 49.2 Å². The van der Waals surface area contributed by atoms with Gasteiger partial charge in [0.1, 0.15) is 5.82 Å². The van der Waals surface area contributed by atoms with Gasteiger partial charge in [-0.3, -0.25) is 4.79 Å². The van der Waals surface area contributed by atoms with Gasteiger partial charge in [0.25, 0.3) is 5.91 Å². The number of nitrogens with zero attached hydrogens (tertiary/aromatic N) is 2. The monoisotopic (exact) mass is 414 g/mol. The maximum atomic E-state index is 12.0. The van der Waals surface area contributed by atoms with E-state index >= 15 is 0 Å². The maximum Gasteiger partial charge on any atom is 0.253 e. The van der Waals surface area contributed by atoms with Crippen molar-refractivity contribution in [3.8, 4) is 0 Å². The molecule has 1 aliphatic carbocycles. The van der Waals surface area contributed by atoms with Crippen molar-refractivity contribution in [2.24, 2.45) is 0 Å². The summed E-state index contributed by atoms with van der Waals surface area (Å²) >= 11 is 3.47. The molecule has 0 spiro atoms. The number of halogens is 1. The third kappa shape index (κ3) is 4.43. The second kappa shape index (κ2) is 7.76. The fourth-order valence-corrected chi connectivity index (χ4v) is 3.47. The molecular formula is C20H23BrN4O. The highest BCUT2D eigenvalue weighted by Gasteiger charge is 2.25. The number of nitrogens with one attached hydrogen (secondary N) is 2. The molecular weight excluding hydrogens is 392 g/mol. The highest BCUT2D eigenvalue weighted by atomic mass is 79.9. The van der Waals surface area contributed by atoms with Crippen LogP contribution in [0, 0.1) is 0 Å². The van der Waals surface area contributed by atoms with Crippen LogP contribution >= 0.6 is 15.9 Å². The molecule has 0 radical (unpaired) electrons. The van der Waals surface area contributed by atoms with Crippen LogP contribution in [0.2, 0.25) is 0 Å². The van der Waals surface area contributed by atoms with Crippen LogP contribution in [0.3, 0.4) is 0 Å². The van der Waals surface area contributed by atoms with E-state index in [0.29, 0.717) is 17.6 Å².